The molecule has 0 bridgehead atoms. The van der Waals surface area contributed by atoms with Crippen LogP contribution in [0.4, 0.5) is 0 Å². The van der Waals surface area contributed by atoms with E-state index in [0.29, 0.717) is 6.42 Å². The first kappa shape index (κ1) is 14.0. The van der Waals surface area contributed by atoms with Crippen molar-refractivity contribution in [1.82, 2.24) is 4.98 Å². The van der Waals surface area contributed by atoms with E-state index < -0.39 is 6.10 Å². The highest BCUT2D eigenvalue weighted by atomic mass is 16.5. The van der Waals surface area contributed by atoms with Gasteiger partial charge >= 0.3 is 0 Å². The van der Waals surface area contributed by atoms with Gasteiger partial charge in [-0.2, -0.15) is 0 Å². The second-order valence-corrected chi connectivity index (χ2v) is 5.44. The van der Waals surface area contributed by atoms with E-state index in [0.717, 1.165) is 22.9 Å². The lowest BCUT2D eigenvalue weighted by atomic mass is 9.97. The molecule has 2 rings (SSSR count). The Bertz CT molecular complexity index is 546. The van der Waals surface area contributed by atoms with Crippen molar-refractivity contribution in [2.24, 2.45) is 0 Å². The summed E-state index contributed by atoms with van der Waals surface area (Å²) >= 11 is 0. The SMILES string of the molecule is COC(C)(C)CCC(O)c1nccc2ccccc12. The molecule has 0 aliphatic rings. The Balaban J connectivity index is 2.20. The highest BCUT2D eigenvalue weighted by molar-refractivity contribution is 5.84. The summed E-state index contributed by atoms with van der Waals surface area (Å²) in [5.74, 6) is 0. The zero-order valence-electron chi connectivity index (χ0n) is 11.8. The van der Waals surface area contributed by atoms with Crippen LogP contribution in [0.1, 0.15) is 38.5 Å². The van der Waals surface area contributed by atoms with E-state index >= 15 is 0 Å². The van der Waals surface area contributed by atoms with Gasteiger partial charge in [-0.25, -0.2) is 0 Å². The largest absolute Gasteiger partial charge is 0.387 e. The maximum absolute atomic E-state index is 10.4. The molecule has 1 aromatic carbocycles. The van der Waals surface area contributed by atoms with E-state index in [1.807, 2.05) is 44.2 Å². The monoisotopic (exact) mass is 259 g/mol. The molecular weight excluding hydrogens is 238 g/mol. The van der Waals surface area contributed by atoms with Crippen molar-refractivity contribution >= 4 is 10.8 Å². The molecule has 0 amide bonds. The van der Waals surface area contributed by atoms with Gasteiger partial charge in [-0.15, -0.1) is 0 Å². The highest BCUT2D eigenvalue weighted by Crippen LogP contribution is 2.27. The second kappa shape index (κ2) is 5.68. The molecule has 1 N–H and O–H groups in total. The molecule has 3 nitrogen and oxygen atoms in total. The third-order valence-corrected chi connectivity index (χ3v) is 3.59. The first-order valence-electron chi connectivity index (χ1n) is 6.60. The molecule has 3 heteroatoms. The number of methoxy groups -OCH3 is 1. The highest BCUT2D eigenvalue weighted by Gasteiger charge is 2.20. The number of benzene rings is 1. The van der Waals surface area contributed by atoms with E-state index in [2.05, 4.69) is 4.98 Å². The molecule has 1 aromatic heterocycles. The normalized spacial score (nSPS) is 13.7. The minimum Gasteiger partial charge on any atom is -0.387 e. The predicted molar refractivity (Wildman–Crippen MR) is 77.0 cm³/mol. The molecule has 0 aliphatic carbocycles. The van der Waals surface area contributed by atoms with Crippen molar-refractivity contribution in [1.29, 1.82) is 0 Å². The summed E-state index contributed by atoms with van der Waals surface area (Å²) in [4.78, 5) is 4.34. The summed E-state index contributed by atoms with van der Waals surface area (Å²) in [5.41, 5.74) is 0.538. The van der Waals surface area contributed by atoms with E-state index in [4.69, 9.17) is 4.74 Å². The number of aromatic nitrogens is 1. The fourth-order valence-corrected chi connectivity index (χ4v) is 2.13. The molecule has 102 valence electrons. The number of nitrogens with zero attached hydrogens (tertiary/aromatic N) is 1. The average Bonchev–Trinajstić information content (AvgIpc) is 2.44. The molecule has 1 heterocycles. The van der Waals surface area contributed by atoms with Crippen molar-refractivity contribution in [2.45, 2.75) is 38.4 Å². The third kappa shape index (κ3) is 3.31. The molecule has 0 saturated heterocycles. The van der Waals surface area contributed by atoms with Crippen LogP contribution in [0.5, 0.6) is 0 Å². The zero-order chi connectivity index (χ0) is 13.9. The summed E-state index contributed by atoms with van der Waals surface area (Å²) in [5, 5.41) is 12.5. The summed E-state index contributed by atoms with van der Waals surface area (Å²) in [6, 6.07) is 9.96. The molecule has 19 heavy (non-hydrogen) atoms. The van der Waals surface area contributed by atoms with Gasteiger partial charge in [-0.3, -0.25) is 4.98 Å². The molecule has 1 atom stereocenters. The van der Waals surface area contributed by atoms with Crippen LogP contribution in [0.2, 0.25) is 0 Å². The van der Waals surface area contributed by atoms with Gasteiger partial charge < -0.3 is 9.84 Å². The van der Waals surface area contributed by atoms with Gasteiger partial charge in [0.25, 0.3) is 0 Å². The van der Waals surface area contributed by atoms with Crippen LogP contribution in [0.25, 0.3) is 10.8 Å². The number of pyridine rings is 1. The van der Waals surface area contributed by atoms with Crippen LogP contribution in [0.3, 0.4) is 0 Å². The van der Waals surface area contributed by atoms with Crippen molar-refractivity contribution < 1.29 is 9.84 Å². The lowest BCUT2D eigenvalue weighted by Crippen LogP contribution is -2.23. The Morgan fingerprint density at radius 3 is 2.74 bits per heavy atom. The summed E-state index contributed by atoms with van der Waals surface area (Å²) in [6.07, 6.45) is 2.63. The van der Waals surface area contributed by atoms with Gasteiger partial charge in [0.1, 0.15) is 0 Å². The lowest BCUT2D eigenvalue weighted by molar-refractivity contribution is 0.00256. The summed E-state index contributed by atoms with van der Waals surface area (Å²) in [6.45, 7) is 4.05. The number of rotatable bonds is 5. The average molecular weight is 259 g/mol. The van der Waals surface area contributed by atoms with Crippen LogP contribution >= 0.6 is 0 Å². The van der Waals surface area contributed by atoms with E-state index in [-0.39, 0.29) is 5.60 Å². The fraction of sp³-hybridized carbons (Fsp3) is 0.438. The first-order chi connectivity index (χ1) is 9.03. The second-order valence-electron chi connectivity index (χ2n) is 5.44. The minimum absolute atomic E-state index is 0.217. The van der Waals surface area contributed by atoms with Gasteiger partial charge in [0.2, 0.25) is 0 Å². The van der Waals surface area contributed by atoms with E-state index in [9.17, 15) is 5.11 Å². The van der Waals surface area contributed by atoms with Gasteiger partial charge in [-0.1, -0.05) is 24.3 Å². The number of hydrogen-bond donors (Lipinski definition) is 1. The van der Waals surface area contributed by atoms with Gasteiger partial charge in [-0.05, 0) is 38.1 Å². The third-order valence-electron chi connectivity index (χ3n) is 3.59. The van der Waals surface area contributed by atoms with Crippen LogP contribution in [0.15, 0.2) is 36.5 Å². The topological polar surface area (TPSA) is 42.4 Å². The smallest absolute Gasteiger partial charge is 0.0967 e. The molecule has 0 radical (unpaired) electrons. The Morgan fingerprint density at radius 1 is 1.26 bits per heavy atom. The molecule has 0 fully saturated rings. The van der Waals surface area contributed by atoms with Crippen LogP contribution in [-0.2, 0) is 4.74 Å². The van der Waals surface area contributed by atoms with E-state index in [1.165, 1.54) is 0 Å². The molecule has 0 spiro atoms. The number of ether oxygens (including phenoxy) is 1. The number of hydrogen-bond acceptors (Lipinski definition) is 3. The summed E-state index contributed by atoms with van der Waals surface area (Å²) < 4.78 is 5.38. The molecular formula is C16H21NO2. The predicted octanol–water partition coefficient (Wildman–Crippen LogP) is 3.47. The van der Waals surface area contributed by atoms with Crippen molar-refractivity contribution in [3.8, 4) is 0 Å². The quantitative estimate of drug-likeness (QED) is 0.894. The zero-order valence-corrected chi connectivity index (χ0v) is 11.8. The van der Waals surface area contributed by atoms with Crippen LogP contribution in [-0.4, -0.2) is 22.8 Å². The summed E-state index contributed by atoms with van der Waals surface area (Å²) in [7, 11) is 1.70. The van der Waals surface area contributed by atoms with Gasteiger partial charge in [0.15, 0.2) is 0 Å². The van der Waals surface area contributed by atoms with Crippen molar-refractivity contribution in [2.75, 3.05) is 7.11 Å². The standard InChI is InChI=1S/C16H21NO2/c1-16(2,19-3)10-8-14(18)15-13-7-5-4-6-12(13)9-11-17-15/h4-7,9,11,14,18H,8,10H2,1-3H3. The molecule has 2 aromatic rings. The Kier molecular flexibility index (Phi) is 4.17. The van der Waals surface area contributed by atoms with Crippen molar-refractivity contribution in [3.63, 3.8) is 0 Å². The number of aliphatic hydroxyl groups excluding tert-OH is 1. The van der Waals surface area contributed by atoms with Crippen molar-refractivity contribution in [3.05, 3.63) is 42.2 Å². The fourth-order valence-electron chi connectivity index (χ4n) is 2.13. The Labute approximate surface area is 114 Å². The van der Waals surface area contributed by atoms with Gasteiger partial charge in [0.05, 0.1) is 17.4 Å². The minimum atomic E-state index is -0.555. The molecule has 1 unspecified atom stereocenters. The maximum atomic E-state index is 10.4. The Morgan fingerprint density at radius 2 is 2.00 bits per heavy atom. The Hall–Kier alpha value is -1.45. The first-order valence-corrected chi connectivity index (χ1v) is 6.60. The number of fused-ring (bicyclic) bond motifs is 1. The van der Waals surface area contributed by atoms with Crippen LogP contribution in [0, 0.1) is 0 Å². The van der Waals surface area contributed by atoms with Gasteiger partial charge in [0, 0.05) is 18.7 Å². The molecule has 0 saturated carbocycles. The maximum Gasteiger partial charge on any atom is 0.0967 e. The lowest BCUT2D eigenvalue weighted by Gasteiger charge is -2.24. The molecule has 0 aliphatic heterocycles. The van der Waals surface area contributed by atoms with E-state index in [1.54, 1.807) is 13.3 Å². The number of aliphatic hydroxyl groups is 1. The van der Waals surface area contributed by atoms with Crippen LogP contribution < -0.4 is 0 Å².